The third-order valence-electron chi connectivity index (χ3n) is 3.13. The minimum Gasteiger partial charge on any atom is -0.505 e. The molecule has 110 valence electrons. The zero-order valence-electron chi connectivity index (χ0n) is 11.0. The van der Waals surface area contributed by atoms with Gasteiger partial charge in [0.2, 0.25) is 0 Å². The number of likely N-dealkylation sites (tertiary alicyclic amines) is 1. The number of phenols is 1. The highest BCUT2D eigenvalue weighted by atomic mass is 16.3. The Morgan fingerprint density at radius 2 is 2.00 bits per heavy atom. The molecule has 3 rings (SSSR count). The summed E-state index contributed by atoms with van der Waals surface area (Å²) in [7, 11) is 0. The van der Waals surface area contributed by atoms with E-state index in [-0.39, 0.29) is 23.7 Å². The fourth-order valence-corrected chi connectivity index (χ4v) is 2.09. The number of hydrogen-bond donors (Lipinski definition) is 3. The molecular weight excluding hydrogens is 276 g/mol. The summed E-state index contributed by atoms with van der Waals surface area (Å²) in [5.41, 5.74) is 0.650. The lowest BCUT2D eigenvalue weighted by atomic mass is 10.1. The summed E-state index contributed by atoms with van der Waals surface area (Å²) in [6.07, 6.45) is 1.12. The summed E-state index contributed by atoms with van der Waals surface area (Å²) < 4.78 is 0. The number of carbonyl (C=O) groups excluding carboxylic acids is 1. The van der Waals surface area contributed by atoms with Gasteiger partial charge >= 0.3 is 0 Å². The van der Waals surface area contributed by atoms with Gasteiger partial charge in [0.15, 0.2) is 5.75 Å². The molecule has 0 spiro atoms. The van der Waals surface area contributed by atoms with Crippen molar-refractivity contribution in [1.29, 1.82) is 0 Å². The van der Waals surface area contributed by atoms with Crippen LogP contribution in [0.25, 0.3) is 10.9 Å². The van der Waals surface area contributed by atoms with Gasteiger partial charge in [-0.3, -0.25) is 14.6 Å². The number of aromatic nitrogens is 1. The van der Waals surface area contributed by atoms with Gasteiger partial charge in [-0.05, 0) is 12.1 Å². The van der Waals surface area contributed by atoms with Crippen LogP contribution >= 0.6 is 0 Å². The highest BCUT2D eigenvalue weighted by Gasteiger charge is 2.31. The fourth-order valence-electron chi connectivity index (χ4n) is 2.09. The van der Waals surface area contributed by atoms with Crippen LogP contribution in [0.2, 0.25) is 0 Å². The molecule has 0 bridgehead atoms. The van der Waals surface area contributed by atoms with Gasteiger partial charge in [0.25, 0.3) is 12.4 Å². The number of amides is 1. The summed E-state index contributed by atoms with van der Waals surface area (Å²) in [6.45, 7) is 0.386. The largest absolute Gasteiger partial charge is 0.505 e. The first kappa shape index (κ1) is 14.7. The summed E-state index contributed by atoms with van der Waals surface area (Å²) >= 11 is 0. The molecule has 21 heavy (non-hydrogen) atoms. The first-order valence-corrected chi connectivity index (χ1v) is 6.20. The van der Waals surface area contributed by atoms with Crippen molar-refractivity contribution in [2.24, 2.45) is 0 Å². The average molecular weight is 290 g/mol. The van der Waals surface area contributed by atoms with Gasteiger partial charge in [-0.1, -0.05) is 12.1 Å². The topological polar surface area (TPSA) is 111 Å². The predicted molar refractivity (Wildman–Crippen MR) is 74.0 cm³/mol. The van der Waals surface area contributed by atoms with Crippen LogP contribution in [0.5, 0.6) is 5.75 Å². The molecule has 2 aromatic rings. The van der Waals surface area contributed by atoms with Gasteiger partial charge in [-0.25, -0.2) is 0 Å². The molecule has 1 amide bonds. The second kappa shape index (κ2) is 6.19. The van der Waals surface area contributed by atoms with Crippen molar-refractivity contribution in [1.82, 2.24) is 9.88 Å². The number of carbonyl (C=O) groups is 2. The van der Waals surface area contributed by atoms with Crippen molar-refractivity contribution in [3.8, 4) is 5.75 Å². The molecule has 1 fully saturated rings. The summed E-state index contributed by atoms with van der Waals surface area (Å²) in [5.74, 6) is -0.371. The van der Waals surface area contributed by atoms with E-state index in [0.717, 1.165) is 5.39 Å². The number of hydrogen-bond acceptors (Lipinski definition) is 5. The van der Waals surface area contributed by atoms with Gasteiger partial charge < -0.3 is 20.2 Å². The van der Waals surface area contributed by atoms with Crippen molar-refractivity contribution >= 4 is 23.3 Å². The molecular formula is C14H14N2O5. The van der Waals surface area contributed by atoms with Crippen molar-refractivity contribution in [2.75, 3.05) is 13.1 Å². The molecule has 1 aromatic heterocycles. The third kappa shape index (κ3) is 2.92. The molecule has 0 unspecified atom stereocenters. The number of β-amino-alcohol motifs (C(OH)–C–C–N with tert-alkyl or cyclic N) is 1. The van der Waals surface area contributed by atoms with Crippen LogP contribution in [0, 0.1) is 0 Å². The maximum Gasteiger partial charge on any atom is 0.290 e. The number of carboxylic acid groups (broad SMARTS) is 1. The zero-order valence-corrected chi connectivity index (χ0v) is 11.0. The van der Waals surface area contributed by atoms with E-state index < -0.39 is 6.10 Å². The van der Waals surface area contributed by atoms with E-state index in [9.17, 15) is 15.0 Å². The number of benzene rings is 1. The fraction of sp³-hybridized carbons (Fsp3) is 0.214. The number of aliphatic hydroxyl groups is 1. The van der Waals surface area contributed by atoms with Crippen molar-refractivity contribution in [2.45, 2.75) is 6.10 Å². The molecule has 1 aromatic carbocycles. The third-order valence-corrected chi connectivity index (χ3v) is 3.13. The molecule has 0 saturated carbocycles. The smallest absolute Gasteiger partial charge is 0.290 e. The number of nitrogens with zero attached hydrogens (tertiary/aromatic N) is 2. The number of aromatic hydroxyl groups is 1. The Morgan fingerprint density at radius 1 is 1.33 bits per heavy atom. The summed E-state index contributed by atoms with van der Waals surface area (Å²) in [6, 6.07) is 6.94. The summed E-state index contributed by atoms with van der Waals surface area (Å²) in [5, 5.41) is 26.9. The molecule has 1 aliphatic rings. The SMILES string of the molecule is O=C(c1ccc2cccnc2c1O)N1CC(O)C1.O=CO. The minimum atomic E-state index is -0.449. The number of pyridine rings is 1. The average Bonchev–Trinajstić information content (AvgIpc) is 2.45. The zero-order chi connectivity index (χ0) is 15.4. The Balaban J connectivity index is 0.000000497. The van der Waals surface area contributed by atoms with Crippen LogP contribution in [-0.2, 0) is 4.79 Å². The maximum atomic E-state index is 12.1. The highest BCUT2D eigenvalue weighted by molar-refractivity contribution is 6.02. The molecule has 7 nitrogen and oxygen atoms in total. The molecule has 0 aliphatic carbocycles. The lowest BCUT2D eigenvalue weighted by molar-refractivity contribution is -0.122. The van der Waals surface area contributed by atoms with Crippen LogP contribution < -0.4 is 0 Å². The van der Waals surface area contributed by atoms with Crippen LogP contribution in [0.4, 0.5) is 0 Å². The van der Waals surface area contributed by atoms with E-state index >= 15 is 0 Å². The van der Waals surface area contributed by atoms with Gasteiger partial charge in [-0.2, -0.15) is 0 Å². The lowest BCUT2D eigenvalue weighted by Crippen LogP contribution is -2.53. The second-order valence-electron chi connectivity index (χ2n) is 4.51. The Hall–Kier alpha value is -2.67. The Kier molecular flexibility index (Phi) is 4.34. The molecule has 0 atom stereocenters. The predicted octanol–water partition coefficient (Wildman–Crippen LogP) is 0.458. The van der Waals surface area contributed by atoms with Crippen LogP contribution in [0.1, 0.15) is 10.4 Å². The number of phenolic OH excluding ortho intramolecular Hbond substituents is 1. The van der Waals surface area contributed by atoms with Gasteiger partial charge in [0, 0.05) is 24.7 Å². The van der Waals surface area contributed by atoms with Crippen molar-refractivity contribution < 1.29 is 24.9 Å². The Morgan fingerprint density at radius 3 is 2.62 bits per heavy atom. The molecule has 7 heteroatoms. The van der Waals surface area contributed by atoms with E-state index in [1.165, 1.54) is 4.90 Å². The van der Waals surface area contributed by atoms with E-state index in [1.807, 2.05) is 6.07 Å². The second-order valence-corrected chi connectivity index (χ2v) is 4.51. The monoisotopic (exact) mass is 290 g/mol. The van der Waals surface area contributed by atoms with Crippen LogP contribution in [0.15, 0.2) is 30.5 Å². The van der Waals surface area contributed by atoms with E-state index in [4.69, 9.17) is 9.90 Å². The number of rotatable bonds is 1. The Labute approximate surface area is 120 Å². The van der Waals surface area contributed by atoms with Gasteiger partial charge in [0.1, 0.15) is 5.52 Å². The molecule has 3 N–H and O–H groups in total. The summed E-state index contributed by atoms with van der Waals surface area (Å²) in [4.78, 5) is 26.0. The number of aliphatic hydroxyl groups excluding tert-OH is 1. The number of fused-ring (bicyclic) bond motifs is 1. The highest BCUT2D eigenvalue weighted by Crippen LogP contribution is 2.28. The first-order valence-electron chi connectivity index (χ1n) is 6.20. The maximum absolute atomic E-state index is 12.1. The Bertz CT molecular complexity index is 667. The molecule has 0 radical (unpaired) electrons. The van der Waals surface area contributed by atoms with Crippen LogP contribution in [-0.4, -0.2) is 56.8 Å². The molecule has 1 saturated heterocycles. The van der Waals surface area contributed by atoms with E-state index in [1.54, 1.807) is 24.4 Å². The van der Waals surface area contributed by atoms with Gasteiger partial charge in [0.05, 0.1) is 11.7 Å². The normalized spacial score (nSPS) is 14.0. The van der Waals surface area contributed by atoms with E-state index in [2.05, 4.69) is 4.98 Å². The first-order chi connectivity index (χ1) is 10.1. The van der Waals surface area contributed by atoms with Crippen molar-refractivity contribution in [3.63, 3.8) is 0 Å². The van der Waals surface area contributed by atoms with Gasteiger partial charge in [-0.15, -0.1) is 0 Å². The van der Waals surface area contributed by atoms with Crippen molar-refractivity contribution in [3.05, 3.63) is 36.0 Å². The van der Waals surface area contributed by atoms with Crippen LogP contribution in [0.3, 0.4) is 0 Å². The van der Waals surface area contributed by atoms with E-state index in [0.29, 0.717) is 18.6 Å². The quantitative estimate of drug-likeness (QED) is 0.658. The lowest BCUT2D eigenvalue weighted by Gasteiger charge is -2.35. The standard InChI is InChI=1S/C13H12N2O3.CH2O2/c16-9-6-15(7-9)13(18)10-4-3-8-2-1-5-14-11(8)12(10)17;2-1-3/h1-5,9,16-17H,6-7H2;1H,(H,2,3). The molecule has 1 aliphatic heterocycles. The minimum absolute atomic E-state index is 0.0977. The molecule has 2 heterocycles.